The van der Waals surface area contributed by atoms with Crippen molar-refractivity contribution in [2.45, 2.75) is 59.0 Å². The number of aliphatic hydroxyl groups is 1. The molecule has 2 amide bonds. The standard InChI is InChI=1S/C27H31FN6O3/c1-26(2,15-35)25(37)33-11-9-16-13-19(28)18(12-17(16)14-33)24(36)30-21-7-5-6-20(29-21)23-32-31-22-8-10-27(3,4)34(22)23/h5-7,12-13,35H,8-11,14-15H2,1-4H3,(H,29,30,36). The number of fused-ring (bicyclic) bond motifs is 2. The highest BCUT2D eigenvalue weighted by Gasteiger charge is 2.35. The number of nitrogens with one attached hydrogen (secondary N) is 1. The Balaban J connectivity index is 1.38. The van der Waals surface area contributed by atoms with Crippen molar-refractivity contribution >= 4 is 17.6 Å². The van der Waals surface area contributed by atoms with Crippen molar-refractivity contribution in [2.75, 3.05) is 18.5 Å². The highest BCUT2D eigenvalue weighted by Crippen LogP contribution is 2.35. The Morgan fingerprint density at radius 1 is 1.16 bits per heavy atom. The maximum atomic E-state index is 15.0. The van der Waals surface area contributed by atoms with Crippen LogP contribution in [0.25, 0.3) is 11.5 Å². The molecule has 0 atom stereocenters. The Kier molecular flexibility index (Phi) is 6.10. The molecule has 5 rings (SSSR count). The van der Waals surface area contributed by atoms with E-state index in [4.69, 9.17) is 0 Å². The van der Waals surface area contributed by atoms with Crippen LogP contribution < -0.4 is 5.32 Å². The Morgan fingerprint density at radius 2 is 1.95 bits per heavy atom. The Hall–Kier alpha value is -3.66. The van der Waals surface area contributed by atoms with E-state index in [2.05, 4.69) is 38.9 Å². The van der Waals surface area contributed by atoms with Gasteiger partial charge in [-0.2, -0.15) is 0 Å². The van der Waals surface area contributed by atoms with Crippen LogP contribution in [0.4, 0.5) is 10.2 Å². The van der Waals surface area contributed by atoms with Gasteiger partial charge in [0, 0.05) is 25.0 Å². The first-order valence-electron chi connectivity index (χ1n) is 12.5. The number of aryl methyl sites for hydroxylation is 1. The summed E-state index contributed by atoms with van der Waals surface area (Å²) in [6, 6.07) is 8.08. The zero-order valence-electron chi connectivity index (χ0n) is 21.5. The molecule has 3 aromatic rings. The fourth-order valence-corrected chi connectivity index (χ4v) is 5.04. The van der Waals surface area contributed by atoms with Crippen LogP contribution >= 0.6 is 0 Å². The normalized spacial score (nSPS) is 16.3. The molecule has 2 aliphatic rings. The summed E-state index contributed by atoms with van der Waals surface area (Å²) in [5, 5.41) is 20.9. The fourth-order valence-electron chi connectivity index (χ4n) is 5.04. The van der Waals surface area contributed by atoms with Gasteiger partial charge >= 0.3 is 0 Å². The minimum Gasteiger partial charge on any atom is -0.395 e. The van der Waals surface area contributed by atoms with Crippen LogP contribution in [0, 0.1) is 11.2 Å². The number of halogens is 1. The molecule has 9 nitrogen and oxygen atoms in total. The number of anilines is 1. The molecule has 0 unspecified atom stereocenters. The van der Waals surface area contributed by atoms with Crippen LogP contribution in [-0.2, 0) is 29.7 Å². The SMILES string of the molecule is CC(C)(CO)C(=O)N1CCc2cc(F)c(C(=O)Nc3cccc(-c4nnc5n4C(C)(C)CC5)n3)cc2C1. The van der Waals surface area contributed by atoms with Crippen LogP contribution in [-0.4, -0.2) is 54.7 Å². The fraction of sp³-hybridized carbons (Fsp3) is 0.444. The van der Waals surface area contributed by atoms with Gasteiger partial charge < -0.3 is 19.9 Å². The van der Waals surface area contributed by atoms with E-state index in [-0.39, 0.29) is 36.0 Å². The van der Waals surface area contributed by atoms with Crippen LogP contribution in [0.15, 0.2) is 30.3 Å². The monoisotopic (exact) mass is 506 g/mol. The molecule has 0 radical (unpaired) electrons. The topological polar surface area (TPSA) is 113 Å². The number of hydrogen-bond acceptors (Lipinski definition) is 6. The lowest BCUT2D eigenvalue weighted by Crippen LogP contribution is -2.45. The van der Waals surface area contributed by atoms with Crippen molar-refractivity contribution in [1.82, 2.24) is 24.6 Å². The van der Waals surface area contributed by atoms with Gasteiger partial charge in [0.15, 0.2) is 5.82 Å². The minimum atomic E-state index is -0.909. The van der Waals surface area contributed by atoms with Gasteiger partial charge in [0.2, 0.25) is 5.91 Å². The van der Waals surface area contributed by atoms with Crippen molar-refractivity contribution < 1.29 is 19.1 Å². The van der Waals surface area contributed by atoms with E-state index in [1.165, 1.54) is 12.1 Å². The van der Waals surface area contributed by atoms with Gasteiger partial charge in [0.1, 0.15) is 23.2 Å². The molecule has 1 aromatic carbocycles. The predicted molar refractivity (Wildman–Crippen MR) is 135 cm³/mol. The summed E-state index contributed by atoms with van der Waals surface area (Å²) < 4.78 is 17.0. The van der Waals surface area contributed by atoms with Gasteiger partial charge in [-0.1, -0.05) is 6.07 Å². The summed E-state index contributed by atoms with van der Waals surface area (Å²) in [6.45, 7) is 8.03. The third-order valence-electron chi connectivity index (χ3n) is 7.32. The molecular weight excluding hydrogens is 475 g/mol. The summed E-state index contributed by atoms with van der Waals surface area (Å²) in [4.78, 5) is 32.1. The second-order valence-electron chi connectivity index (χ2n) is 11.1. The molecule has 0 spiro atoms. The predicted octanol–water partition coefficient (Wildman–Crippen LogP) is 3.32. The van der Waals surface area contributed by atoms with E-state index in [9.17, 15) is 19.1 Å². The molecule has 10 heteroatoms. The first kappa shape index (κ1) is 25.0. The number of aliphatic hydroxyl groups excluding tert-OH is 1. The molecule has 37 heavy (non-hydrogen) atoms. The summed E-state index contributed by atoms with van der Waals surface area (Å²) in [5.41, 5.74) is 0.882. The number of aromatic nitrogens is 4. The lowest BCUT2D eigenvalue weighted by molar-refractivity contribution is -0.143. The van der Waals surface area contributed by atoms with Gasteiger partial charge in [-0.25, -0.2) is 9.37 Å². The minimum absolute atomic E-state index is 0.119. The quantitative estimate of drug-likeness (QED) is 0.549. The third kappa shape index (κ3) is 4.50. The molecule has 2 aliphatic heterocycles. The smallest absolute Gasteiger partial charge is 0.259 e. The summed E-state index contributed by atoms with van der Waals surface area (Å²) in [7, 11) is 0. The zero-order valence-corrected chi connectivity index (χ0v) is 21.5. The van der Waals surface area contributed by atoms with Gasteiger partial charge in [-0.05, 0) is 75.9 Å². The van der Waals surface area contributed by atoms with Crippen molar-refractivity contribution in [3.63, 3.8) is 0 Å². The molecule has 0 aliphatic carbocycles. The second-order valence-corrected chi connectivity index (χ2v) is 11.1. The van der Waals surface area contributed by atoms with Crippen LogP contribution in [0.5, 0.6) is 0 Å². The number of pyridine rings is 1. The molecule has 194 valence electrons. The van der Waals surface area contributed by atoms with E-state index in [0.29, 0.717) is 30.0 Å². The molecule has 0 saturated carbocycles. The van der Waals surface area contributed by atoms with Gasteiger partial charge in [-0.3, -0.25) is 9.59 Å². The summed E-state index contributed by atoms with van der Waals surface area (Å²) in [6.07, 6.45) is 2.28. The van der Waals surface area contributed by atoms with E-state index in [1.807, 2.05) is 0 Å². The number of carbonyl (C=O) groups excluding carboxylic acids is 2. The van der Waals surface area contributed by atoms with Crippen molar-refractivity contribution in [1.29, 1.82) is 0 Å². The molecule has 2 N–H and O–H groups in total. The van der Waals surface area contributed by atoms with Crippen LogP contribution in [0.1, 0.15) is 61.4 Å². The third-order valence-corrected chi connectivity index (χ3v) is 7.32. The van der Waals surface area contributed by atoms with E-state index >= 15 is 0 Å². The van der Waals surface area contributed by atoms with E-state index in [0.717, 1.165) is 24.2 Å². The average Bonchev–Trinajstić information content (AvgIpc) is 3.44. The van der Waals surface area contributed by atoms with Crippen LogP contribution in [0.2, 0.25) is 0 Å². The van der Waals surface area contributed by atoms with Gasteiger partial charge in [-0.15, -0.1) is 10.2 Å². The van der Waals surface area contributed by atoms with Crippen molar-refractivity contribution in [3.8, 4) is 11.5 Å². The first-order valence-corrected chi connectivity index (χ1v) is 12.5. The maximum absolute atomic E-state index is 15.0. The number of hydrogen-bond donors (Lipinski definition) is 2. The second kappa shape index (κ2) is 9.02. The largest absolute Gasteiger partial charge is 0.395 e. The van der Waals surface area contributed by atoms with Crippen LogP contribution in [0.3, 0.4) is 0 Å². The Morgan fingerprint density at radius 3 is 2.70 bits per heavy atom. The Bertz CT molecular complexity index is 1400. The molecule has 2 aromatic heterocycles. The Labute approximate surface area is 214 Å². The molecule has 0 bridgehead atoms. The van der Waals surface area contributed by atoms with E-state index < -0.39 is 17.1 Å². The number of benzene rings is 1. The number of nitrogens with zero attached hydrogens (tertiary/aromatic N) is 5. The zero-order chi connectivity index (χ0) is 26.5. The lowest BCUT2D eigenvalue weighted by Gasteiger charge is -2.34. The maximum Gasteiger partial charge on any atom is 0.259 e. The molecular formula is C27H31FN6O3. The highest BCUT2D eigenvalue weighted by molar-refractivity contribution is 6.04. The lowest BCUT2D eigenvalue weighted by atomic mass is 9.90. The summed E-state index contributed by atoms with van der Waals surface area (Å²) >= 11 is 0. The number of amides is 2. The first-order chi connectivity index (χ1) is 17.5. The van der Waals surface area contributed by atoms with E-state index in [1.54, 1.807) is 36.9 Å². The van der Waals surface area contributed by atoms with Crippen molar-refractivity contribution in [2.24, 2.45) is 5.41 Å². The number of rotatable bonds is 5. The molecule has 4 heterocycles. The molecule has 0 fully saturated rings. The summed E-state index contributed by atoms with van der Waals surface area (Å²) in [5.74, 6) is 0.372. The highest BCUT2D eigenvalue weighted by atomic mass is 19.1. The average molecular weight is 507 g/mol. The number of carbonyl (C=O) groups is 2. The van der Waals surface area contributed by atoms with Gasteiger partial charge in [0.25, 0.3) is 5.91 Å². The van der Waals surface area contributed by atoms with Gasteiger partial charge in [0.05, 0.1) is 17.6 Å². The molecule has 0 saturated heterocycles. The van der Waals surface area contributed by atoms with Crippen molar-refractivity contribution in [3.05, 3.63) is 58.7 Å².